The van der Waals surface area contributed by atoms with Gasteiger partial charge in [0.1, 0.15) is 0 Å². The summed E-state index contributed by atoms with van der Waals surface area (Å²) in [5.41, 5.74) is 0. The van der Waals surface area contributed by atoms with Crippen LogP contribution in [0.1, 0.15) is 0 Å². The van der Waals surface area contributed by atoms with Gasteiger partial charge in [-0.05, 0) is 12.2 Å². The molecular formula is C6H9NO3. The molecule has 0 saturated carbocycles. The average molecular weight is 143 g/mol. The predicted molar refractivity (Wildman–Crippen MR) is 35.7 cm³/mol. The zero-order valence-corrected chi connectivity index (χ0v) is 5.37. The molecule has 0 saturated heterocycles. The van der Waals surface area contributed by atoms with Gasteiger partial charge in [0.2, 0.25) is 5.91 Å². The summed E-state index contributed by atoms with van der Waals surface area (Å²) in [5.74, 6) is -3.02. The van der Waals surface area contributed by atoms with E-state index in [0.29, 0.717) is 0 Å². The van der Waals surface area contributed by atoms with E-state index in [1.54, 1.807) is 5.32 Å². The SMILES string of the molecule is C=CC(=O)NC(O)(O)C=C. The highest BCUT2D eigenvalue weighted by Crippen LogP contribution is 1.92. The fraction of sp³-hybridized carbons (Fsp3) is 0.167. The highest BCUT2D eigenvalue weighted by atomic mass is 16.5. The molecule has 0 atom stereocenters. The second kappa shape index (κ2) is 3.14. The molecule has 3 N–H and O–H groups in total. The Labute approximate surface area is 58.5 Å². The molecule has 0 fully saturated rings. The number of amides is 1. The van der Waals surface area contributed by atoms with Crippen molar-refractivity contribution in [3.63, 3.8) is 0 Å². The van der Waals surface area contributed by atoms with E-state index in [1.165, 1.54) is 0 Å². The molecule has 0 aromatic carbocycles. The van der Waals surface area contributed by atoms with Crippen LogP contribution in [0.15, 0.2) is 25.3 Å². The molecule has 0 aliphatic carbocycles. The summed E-state index contributed by atoms with van der Waals surface area (Å²) >= 11 is 0. The smallest absolute Gasteiger partial charge is 0.267 e. The largest absolute Gasteiger partial charge is 0.346 e. The van der Waals surface area contributed by atoms with Crippen LogP contribution in [0.4, 0.5) is 0 Å². The van der Waals surface area contributed by atoms with E-state index < -0.39 is 11.8 Å². The molecule has 0 aliphatic rings. The van der Waals surface area contributed by atoms with E-state index in [2.05, 4.69) is 13.2 Å². The third kappa shape index (κ3) is 3.01. The van der Waals surface area contributed by atoms with Crippen molar-refractivity contribution in [3.8, 4) is 0 Å². The number of carbonyl (C=O) groups excluding carboxylic acids is 1. The quantitative estimate of drug-likeness (QED) is 0.273. The van der Waals surface area contributed by atoms with Crippen molar-refractivity contribution in [3.05, 3.63) is 25.3 Å². The third-order valence-electron chi connectivity index (χ3n) is 0.777. The van der Waals surface area contributed by atoms with Crippen LogP contribution in [0.25, 0.3) is 0 Å². The van der Waals surface area contributed by atoms with Gasteiger partial charge in [0.25, 0.3) is 5.91 Å². The molecule has 4 nitrogen and oxygen atoms in total. The maximum atomic E-state index is 10.4. The minimum absolute atomic E-state index is 0.676. The second-order valence-corrected chi connectivity index (χ2v) is 1.62. The minimum atomic E-state index is -2.34. The lowest BCUT2D eigenvalue weighted by Crippen LogP contribution is -2.45. The lowest BCUT2D eigenvalue weighted by molar-refractivity contribution is -0.157. The van der Waals surface area contributed by atoms with Crippen LogP contribution in [0.3, 0.4) is 0 Å². The highest BCUT2D eigenvalue weighted by Gasteiger charge is 2.18. The standard InChI is InChI=1S/C6H9NO3/c1-3-5(8)7-6(9,10)4-2/h3-4,9-10H,1-2H2,(H,7,8). The van der Waals surface area contributed by atoms with Gasteiger partial charge in [-0.2, -0.15) is 0 Å². The van der Waals surface area contributed by atoms with Crippen LogP contribution in [0, 0.1) is 0 Å². The molecule has 10 heavy (non-hydrogen) atoms. The van der Waals surface area contributed by atoms with Gasteiger partial charge in [0.05, 0.1) is 0 Å². The first-order valence-corrected chi connectivity index (χ1v) is 2.55. The van der Waals surface area contributed by atoms with Gasteiger partial charge in [-0.1, -0.05) is 13.2 Å². The number of rotatable bonds is 3. The van der Waals surface area contributed by atoms with Crippen LogP contribution in [-0.4, -0.2) is 22.0 Å². The second-order valence-electron chi connectivity index (χ2n) is 1.62. The molecule has 0 unspecified atom stereocenters. The van der Waals surface area contributed by atoms with Gasteiger partial charge >= 0.3 is 0 Å². The number of aliphatic hydroxyl groups is 2. The van der Waals surface area contributed by atoms with Crippen LogP contribution in [-0.2, 0) is 4.79 Å². The van der Waals surface area contributed by atoms with Gasteiger partial charge in [0.15, 0.2) is 0 Å². The number of carbonyl (C=O) groups is 1. The van der Waals surface area contributed by atoms with Crippen molar-refractivity contribution in [2.75, 3.05) is 0 Å². The maximum Gasteiger partial charge on any atom is 0.267 e. The Hall–Kier alpha value is -1.13. The van der Waals surface area contributed by atoms with Crippen molar-refractivity contribution >= 4 is 5.91 Å². The van der Waals surface area contributed by atoms with E-state index in [-0.39, 0.29) is 0 Å². The average Bonchev–Trinajstić information content (AvgIpc) is 1.87. The van der Waals surface area contributed by atoms with Crippen molar-refractivity contribution in [1.82, 2.24) is 5.32 Å². The van der Waals surface area contributed by atoms with E-state index in [0.717, 1.165) is 12.2 Å². The fourth-order valence-corrected chi connectivity index (χ4v) is 0.283. The summed E-state index contributed by atoms with van der Waals surface area (Å²) < 4.78 is 0. The Bertz CT molecular complexity index is 162. The van der Waals surface area contributed by atoms with Crippen LogP contribution >= 0.6 is 0 Å². The topological polar surface area (TPSA) is 69.6 Å². The summed E-state index contributed by atoms with van der Waals surface area (Å²) in [5, 5.41) is 19.2. The van der Waals surface area contributed by atoms with E-state index >= 15 is 0 Å². The van der Waals surface area contributed by atoms with Gasteiger partial charge in [-0.25, -0.2) is 0 Å². The Morgan fingerprint density at radius 2 is 2.00 bits per heavy atom. The van der Waals surface area contributed by atoms with Gasteiger partial charge < -0.3 is 10.2 Å². The van der Waals surface area contributed by atoms with Crippen molar-refractivity contribution in [2.24, 2.45) is 0 Å². The molecule has 0 aromatic rings. The molecule has 1 amide bonds. The first kappa shape index (κ1) is 8.87. The monoisotopic (exact) mass is 143 g/mol. The molecule has 0 radical (unpaired) electrons. The first-order chi connectivity index (χ1) is 4.52. The molecule has 4 heteroatoms. The van der Waals surface area contributed by atoms with Gasteiger partial charge in [-0.15, -0.1) is 0 Å². The van der Waals surface area contributed by atoms with E-state index in [9.17, 15) is 4.79 Å². The molecule has 0 bridgehead atoms. The Balaban J connectivity index is 4.00. The fourth-order valence-electron chi connectivity index (χ4n) is 0.283. The normalized spacial score (nSPS) is 10.2. The van der Waals surface area contributed by atoms with Crippen molar-refractivity contribution in [1.29, 1.82) is 0 Å². The summed E-state index contributed by atoms with van der Waals surface area (Å²) in [6.07, 6.45) is 1.71. The Morgan fingerprint density at radius 1 is 1.50 bits per heavy atom. The predicted octanol–water partition coefficient (Wildman–Crippen LogP) is -0.887. The first-order valence-electron chi connectivity index (χ1n) is 2.55. The zero-order valence-electron chi connectivity index (χ0n) is 5.37. The molecule has 0 spiro atoms. The summed E-state index contributed by atoms with van der Waals surface area (Å²) in [6.45, 7) is 6.18. The number of nitrogens with one attached hydrogen (secondary N) is 1. The van der Waals surface area contributed by atoms with Gasteiger partial charge in [-0.3, -0.25) is 10.1 Å². The third-order valence-corrected chi connectivity index (χ3v) is 0.777. The maximum absolute atomic E-state index is 10.4. The molecule has 56 valence electrons. The lowest BCUT2D eigenvalue weighted by Gasteiger charge is -2.16. The lowest BCUT2D eigenvalue weighted by atomic mass is 10.4. The molecule has 0 heterocycles. The van der Waals surface area contributed by atoms with Crippen LogP contribution in [0.5, 0.6) is 0 Å². The zero-order chi connectivity index (χ0) is 8.20. The van der Waals surface area contributed by atoms with Crippen LogP contribution in [0.2, 0.25) is 0 Å². The molecular weight excluding hydrogens is 134 g/mol. The molecule has 0 aliphatic heterocycles. The molecule has 0 aromatic heterocycles. The van der Waals surface area contributed by atoms with Crippen molar-refractivity contribution in [2.45, 2.75) is 5.91 Å². The number of hydrogen-bond donors (Lipinski definition) is 3. The summed E-state index contributed by atoms with van der Waals surface area (Å²) in [4.78, 5) is 10.4. The minimum Gasteiger partial charge on any atom is -0.346 e. The van der Waals surface area contributed by atoms with Crippen molar-refractivity contribution < 1.29 is 15.0 Å². The highest BCUT2D eigenvalue weighted by molar-refractivity contribution is 5.87. The Morgan fingerprint density at radius 3 is 2.30 bits per heavy atom. The van der Waals surface area contributed by atoms with Crippen LogP contribution < -0.4 is 5.32 Å². The van der Waals surface area contributed by atoms with E-state index in [1.807, 2.05) is 0 Å². The van der Waals surface area contributed by atoms with Gasteiger partial charge in [0, 0.05) is 0 Å². The Kier molecular flexibility index (Phi) is 2.79. The van der Waals surface area contributed by atoms with E-state index in [4.69, 9.17) is 10.2 Å². The number of hydrogen-bond acceptors (Lipinski definition) is 3. The summed E-state index contributed by atoms with van der Waals surface area (Å²) in [6, 6.07) is 0. The molecule has 0 rings (SSSR count). The summed E-state index contributed by atoms with van der Waals surface area (Å²) in [7, 11) is 0.